The first-order chi connectivity index (χ1) is 13.8. The van der Waals surface area contributed by atoms with E-state index in [1.54, 1.807) is 13.0 Å². The molecule has 0 aliphatic carbocycles. The van der Waals surface area contributed by atoms with Crippen molar-refractivity contribution in [1.29, 1.82) is 0 Å². The Balaban J connectivity index is 2.23. The van der Waals surface area contributed by atoms with Crippen LogP contribution in [0.5, 0.6) is 5.75 Å². The highest BCUT2D eigenvalue weighted by molar-refractivity contribution is 7.86. The number of carbonyl (C=O) groups excluding carboxylic acids is 1. The SMILES string of the molecule is Cc1ccc(C(=O)Nc2cc(S(=O)(=O)O)cc3cc(S(=O)(=O)O)cc(O)c23)cc1Cl. The fourth-order valence-corrected chi connectivity index (χ4v) is 4.02. The van der Waals surface area contributed by atoms with E-state index in [-0.39, 0.29) is 22.0 Å². The number of benzene rings is 3. The van der Waals surface area contributed by atoms with Gasteiger partial charge in [-0.2, -0.15) is 16.8 Å². The zero-order valence-corrected chi connectivity index (χ0v) is 17.5. The summed E-state index contributed by atoms with van der Waals surface area (Å²) in [6.07, 6.45) is 0. The second-order valence-electron chi connectivity index (χ2n) is 6.38. The van der Waals surface area contributed by atoms with Crippen LogP contribution in [0.4, 0.5) is 5.69 Å². The molecule has 4 N–H and O–H groups in total. The summed E-state index contributed by atoms with van der Waals surface area (Å²) in [5.41, 5.74) is 0.633. The van der Waals surface area contributed by atoms with Crippen molar-refractivity contribution >= 4 is 54.2 Å². The van der Waals surface area contributed by atoms with E-state index in [9.17, 15) is 35.8 Å². The Bertz CT molecular complexity index is 1410. The van der Waals surface area contributed by atoms with Gasteiger partial charge in [-0.1, -0.05) is 17.7 Å². The van der Waals surface area contributed by atoms with Crippen molar-refractivity contribution < 1.29 is 35.8 Å². The van der Waals surface area contributed by atoms with Crippen molar-refractivity contribution in [2.45, 2.75) is 16.7 Å². The number of hydrogen-bond donors (Lipinski definition) is 4. The zero-order valence-electron chi connectivity index (χ0n) is 15.1. The summed E-state index contributed by atoms with van der Waals surface area (Å²) in [6.45, 7) is 1.73. The minimum Gasteiger partial charge on any atom is -0.507 e. The van der Waals surface area contributed by atoms with E-state index < -0.39 is 41.7 Å². The first kappa shape index (κ1) is 22.0. The average Bonchev–Trinajstić information content (AvgIpc) is 2.61. The molecule has 1 amide bonds. The first-order valence-electron chi connectivity index (χ1n) is 8.10. The van der Waals surface area contributed by atoms with Crippen molar-refractivity contribution in [3.05, 3.63) is 58.6 Å². The molecule has 0 aromatic heterocycles. The molecule has 12 heteroatoms. The molecule has 9 nitrogen and oxygen atoms in total. The number of hydrogen-bond acceptors (Lipinski definition) is 6. The van der Waals surface area contributed by atoms with Gasteiger partial charge >= 0.3 is 0 Å². The molecule has 0 saturated heterocycles. The monoisotopic (exact) mass is 471 g/mol. The van der Waals surface area contributed by atoms with Crippen molar-refractivity contribution in [2.75, 3.05) is 5.32 Å². The Kier molecular flexibility index (Phi) is 5.52. The van der Waals surface area contributed by atoms with Crippen LogP contribution in [-0.2, 0) is 20.2 Å². The second-order valence-corrected chi connectivity index (χ2v) is 9.63. The average molecular weight is 472 g/mol. The number of carbonyl (C=O) groups is 1. The third-order valence-electron chi connectivity index (χ3n) is 4.25. The molecule has 0 radical (unpaired) electrons. The van der Waals surface area contributed by atoms with Crippen LogP contribution in [0.3, 0.4) is 0 Å². The van der Waals surface area contributed by atoms with Crippen LogP contribution < -0.4 is 5.32 Å². The molecule has 158 valence electrons. The largest absolute Gasteiger partial charge is 0.507 e. The molecule has 3 rings (SSSR count). The fraction of sp³-hybridized carbons (Fsp3) is 0.0556. The third kappa shape index (κ3) is 4.40. The molecule has 3 aromatic carbocycles. The highest BCUT2D eigenvalue weighted by Gasteiger charge is 2.21. The van der Waals surface area contributed by atoms with Gasteiger partial charge in [-0.05, 0) is 48.2 Å². The van der Waals surface area contributed by atoms with Crippen molar-refractivity contribution in [3.63, 3.8) is 0 Å². The molecular formula is C18H14ClNO8S2. The molecule has 0 spiro atoms. The molecule has 0 bridgehead atoms. The Labute approximate surface area is 176 Å². The number of aryl methyl sites for hydroxylation is 1. The number of phenols is 1. The third-order valence-corrected chi connectivity index (χ3v) is 6.32. The van der Waals surface area contributed by atoms with Crippen LogP contribution in [0, 0.1) is 6.92 Å². The maximum absolute atomic E-state index is 12.6. The lowest BCUT2D eigenvalue weighted by Crippen LogP contribution is -2.13. The first-order valence-corrected chi connectivity index (χ1v) is 11.4. The van der Waals surface area contributed by atoms with Gasteiger partial charge in [0, 0.05) is 22.0 Å². The number of fused-ring (bicyclic) bond motifs is 1. The number of rotatable bonds is 4. The predicted molar refractivity (Wildman–Crippen MR) is 109 cm³/mol. The van der Waals surface area contributed by atoms with Crippen molar-refractivity contribution in [2.24, 2.45) is 0 Å². The minimum absolute atomic E-state index is 0.110. The zero-order chi connectivity index (χ0) is 22.4. The van der Waals surface area contributed by atoms with Gasteiger partial charge in [-0.15, -0.1) is 0 Å². The predicted octanol–water partition coefficient (Wildman–Crippen LogP) is 3.25. The van der Waals surface area contributed by atoms with Crippen LogP contribution in [0.15, 0.2) is 52.3 Å². The van der Waals surface area contributed by atoms with Crippen LogP contribution in [-0.4, -0.2) is 37.0 Å². The van der Waals surface area contributed by atoms with Gasteiger partial charge in [0.1, 0.15) is 5.75 Å². The standard InChI is InChI=1S/C18H14ClNO8S2/c1-9-2-3-10(6-14(9)19)18(22)20-15-7-12(29(23,24)25)4-11-5-13(30(26,27)28)8-16(21)17(11)15/h2-8,21H,1H3,(H,20,22)(H,23,24,25)(H,26,27,28). The quantitative estimate of drug-likeness (QED) is 0.422. The van der Waals surface area contributed by atoms with Crippen LogP contribution >= 0.6 is 11.6 Å². The Morgan fingerprint density at radius 2 is 1.50 bits per heavy atom. The van der Waals surface area contributed by atoms with E-state index in [4.69, 9.17) is 11.6 Å². The summed E-state index contributed by atoms with van der Waals surface area (Å²) in [5, 5.41) is 12.7. The van der Waals surface area contributed by atoms with E-state index in [0.29, 0.717) is 5.02 Å². The molecule has 0 heterocycles. The van der Waals surface area contributed by atoms with Crippen LogP contribution in [0.1, 0.15) is 15.9 Å². The number of halogens is 1. The lowest BCUT2D eigenvalue weighted by molar-refractivity contribution is 0.102. The molecule has 0 unspecified atom stereocenters. The van der Waals surface area contributed by atoms with Gasteiger partial charge in [0.15, 0.2) is 0 Å². The van der Waals surface area contributed by atoms with E-state index in [2.05, 4.69) is 5.32 Å². The smallest absolute Gasteiger partial charge is 0.294 e. The van der Waals surface area contributed by atoms with E-state index in [0.717, 1.165) is 29.8 Å². The summed E-state index contributed by atoms with van der Waals surface area (Å²) >= 11 is 6.01. The van der Waals surface area contributed by atoms with Gasteiger partial charge in [0.25, 0.3) is 26.1 Å². The molecule has 0 aliphatic rings. The highest BCUT2D eigenvalue weighted by Crippen LogP contribution is 2.37. The van der Waals surface area contributed by atoms with E-state index >= 15 is 0 Å². The second kappa shape index (κ2) is 7.52. The summed E-state index contributed by atoms with van der Waals surface area (Å²) in [7, 11) is -9.48. The number of nitrogens with one attached hydrogen (secondary N) is 1. The molecule has 0 atom stereocenters. The maximum Gasteiger partial charge on any atom is 0.294 e. The molecule has 0 fully saturated rings. The normalized spacial score (nSPS) is 12.1. The lowest BCUT2D eigenvalue weighted by Gasteiger charge is -2.13. The topological polar surface area (TPSA) is 158 Å². The van der Waals surface area contributed by atoms with Gasteiger partial charge in [0.05, 0.1) is 15.5 Å². The number of anilines is 1. The molecule has 3 aromatic rings. The summed E-state index contributed by atoms with van der Waals surface area (Å²) in [6, 6.07) is 7.87. The van der Waals surface area contributed by atoms with Gasteiger partial charge in [-0.3, -0.25) is 13.9 Å². The molecular weight excluding hydrogens is 458 g/mol. The Hall–Kier alpha value is -2.70. The summed E-state index contributed by atoms with van der Waals surface area (Å²) < 4.78 is 64.7. The van der Waals surface area contributed by atoms with E-state index in [1.807, 2.05) is 0 Å². The van der Waals surface area contributed by atoms with Crippen molar-refractivity contribution in [3.8, 4) is 5.75 Å². The minimum atomic E-state index is -4.76. The molecule has 0 saturated carbocycles. The number of amides is 1. The summed E-state index contributed by atoms with van der Waals surface area (Å²) in [5.74, 6) is -1.36. The number of phenolic OH excluding ortho intramolecular Hbond substituents is 1. The molecule has 0 aliphatic heterocycles. The van der Waals surface area contributed by atoms with E-state index in [1.165, 1.54) is 12.1 Å². The Morgan fingerprint density at radius 3 is 2.03 bits per heavy atom. The number of aromatic hydroxyl groups is 1. The fourth-order valence-electron chi connectivity index (χ4n) is 2.76. The van der Waals surface area contributed by atoms with Crippen molar-refractivity contribution in [1.82, 2.24) is 0 Å². The molecule has 30 heavy (non-hydrogen) atoms. The Morgan fingerprint density at radius 1 is 0.933 bits per heavy atom. The van der Waals surface area contributed by atoms with Gasteiger partial charge < -0.3 is 10.4 Å². The summed E-state index contributed by atoms with van der Waals surface area (Å²) in [4.78, 5) is 11.2. The highest BCUT2D eigenvalue weighted by atomic mass is 35.5. The van der Waals surface area contributed by atoms with Gasteiger partial charge in [0.2, 0.25) is 0 Å². The maximum atomic E-state index is 12.6. The van der Waals surface area contributed by atoms with Crippen LogP contribution in [0.2, 0.25) is 5.02 Å². The lowest BCUT2D eigenvalue weighted by atomic mass is 10.1. The van der Waals surface area contributed by atoms with Gasteiger partial charge in [-0.25, -0.2) is 0 Å². The van der Waals surface area contributed by atoms with Crippen LogP contribution in [0.25, 0.3) is 10.8 Å².